The number of nitrogens with zero attached hydrogens (tertiary/aromatic N) is 1. The quantitative estimate of drug-likeness (QED) is 0.710. The van der Waals surface area contributed by atoms with E-state index in [-0.39, 0.29) is 6.61 Å². The Hall–Kier alpha value is -0.480. The summed E-state index contributed by atoms with van der Waals surface area (Å²) in [5, 5.41) is 0. The third-order valence-corrected chi connectivity index (χ3v) is 2.59. The fourth-order valence-electron chi connectivity index (χ4n) is 1.40. The van der Waals surface area contributed by atoms with Crippen molar-refractivity contribution < 1.29 is 9.13 Å². The predicted molar refractivity (Wildman–Crippen MR) is 50.2 cm³/mol. The molecule has 0 saturated carbocycles. The highest BCUT2D eigenvalue weighted by Gasteiger charge is 2.38. The Labute approximate surface area is 84.3 Å². The maximum absolute atomic E-state index is 14.0. The van der Waals surface area contributed by atoms with Gasteiger partial charge in [-0.3, -0.25) is 0 Å². The van der Waals surface area contributed by atoms with Crippen molar-refractivity contribution in [3.8, 4) is 0 Å². The normalized spacial score (nSPS) is 27.8. The van der Waals surface area contributed by atoms with Gasteiger partial charge in [-0.1, -0.05) is 6.07 Å². The highest BCUT2D eigenvalue weighted by atomic mass is 79.9. The van der Waals surface area contributed by atoms with Crippen molar-refractivity contribution in [2.45, 2.75) is 12.1 Å². The summed E-state index contributed by atoms with van der Waals surface area (Å²) < 4.78 is 19.7. The van der Waals surface area contributed by atoms with E-state index in [1.165, 1.54) is 0 Å². The van der Waals surface area contributed by atoms with Gasteiger partial charge in [-0.15, -0.1) is 0 Å². The highest BCUT2D eigenvalue weighted by molar-refractivity contribution is 9.10. The van der Waals surface area contributed by atoms with Crippen LogP contribution in [0.3, 0.4) is 0 Å². The van der Waals surface area contributed by atoms with E-state index in [2.05, 4.69) is 20.9 Å². The van der Waals surface area contributed by atoms with Crippen LogP contribution in [0.4, 0.5) is 4.39 Å². The number of pyridine rings is 1. The summed E-state index contributed by atoms with van der Waals surface area (Å²) in [6.45, 7) is 0.598. The van der Waals surface area contributed by atoms with Gasteiger partial charge >= 0.3 is 0 Å². The maximum Gasteiger partial charge on any atom is 0.178 e. The average molecular weight is 246 g/mol. The monoisotopic (exact) mass is 245 g/mol. The molecule has 2 nitrogen and oxygen atoms in total. The lowest BCUT2D eigenvalue weighted by atomic mass is 10.0. The molecule has 1 aliphatic heterocycles. The molecule has 1 atom stereocenters. The molecule has 0 bridgehead atoms. The molecule has 0 spiro atoms. The van der Waals surface area contributed by atoms with Crippen LogP contribution in [0.15, 0.2) is 22.8 Å². The summed E-state index contributed by atoms with van der Waals surface area (Å²) in [5.41, 5.74) is -0.927. The van der Waals surface area contributed by atoms with Crippen molar-refractivity contribution in [1.29, 1.82) is 0 Å². The lowest BCUT2D eigenvalue weighted by Gasteiger charge is -2.16. The van der Waals surface area contributed by atoms with Gasteiger partial charge in [0, 0.05) is 6.42 Å². The molecule has 4 heteroatoms. The van der Waals surface area contributed by atoms with Crippen molar-refractivity contribution in [2.24, 2.45) is 0 Å². The van der Waals surface area contributed by atoms with Gasteiger partial charge in [0.25, 0.3) is 0 Å². The summed E-state index contributed by atoms with van der Waals surface area (Å²) in [7, 11) is 0. The van der Waals surface area contributed by atoms with E-state index in [1.54, 1.807) is 18.2 Å². The van der Waals surface area contributed by atoms with Gasteiger partial charge in [0.1, 0.15) is 4.60 Å². The van der Waals surface area contributed by atoms with Crippen LogP contribution in [0.2, 0.25) is 0 Å². The first-order valence-corrected chi connectivity index (χ1v) is 4.90. The van der Waals surface area contributed by atoms with E-state index in [4.69, 9.17) is 4.74 Å². The molecule has 1 fully saturated rings. The summed E-state index contributed by atoms with van der Waals surface area (Å²) in [6.07, 6.45) is 0.399. The van der Waals surface area contributed by atoms with E-state index < -0.39 is 5.67 Å². The number of hydrogen-bond donors (Lipinski definition) is 0. The zero-order valence-corrected chi connectivity index (χ0v) is 8.55. The number of aromatic nitrogens is 1. The van der Waals surface area contributed by atoms with Gasteiger partial charge in [-0.2, -0.15) is 0 Å². The molecule has 0 amide bonds. The first-order chi connectivity index (χ1) is 6.21. The summed E-state index contributed by atoms with van der Waals surface area (Å²) >= 11 is 3.21. The van der Waals surface area contributed by atoms with Crippen LogP contribution in [0, 0.1) is 0 Å². The van der Waals surface area contributed by atoms with Crippen molar-refractivity contribution in [3.05, 3.63) is 28.5 Å². The van der Waals surface area contributed by atoms with Crippen molar-refractivity contribution >= 4 is 15.9 Å². The van der Waals surface area contributed by atoms with E-state index in [0.29, 0.717) is 23.3 Å². The largest absolute Gasteiger partial charge is 0.378 e. The average Bonchev–Trinajstić information content (AvgIpc) is 2.54. The third-order valence-electron chi connectivity index (χ3n) is 2.15. The molecule has 1 aliphatic rings. The van der Waals surface area contributed by atoms with Gasteiger partial charge < -0.3 is 4.74 Å². The molecule has 0 aromatic carbocycles. The minimum Gasteiger partial charge on any atom is -0.378 e. The lowest BCUT2D eigenvalue weighted by Crippen LogP contribution is -2.21. The Kier molecular flexibility index (Phi) is 2.34. The molecular weight excluding hydrogens is 237 g/mol. The minimum atomic E-state index is -1.39. The first-order valence-electron chi connectivity index (χ1n) is 4.10. The molecule has 70 valence electrons. The highest BCUT2D eigenvalue weighted by Crippen LogP contribution is 2.33. The fourth-order valence-corrected chi connectivity index (χ4v) is 1.74. The second-order valence-corrected chi connectivity index (χ2v) is 3.93. The zero-order chi connectivity index (χ0) is 9.31. The van der Waals surface area contributed by atoms with E-state index in [1.807, 2.05) is 0 Å². The van der Waals surface area contributed by atoms with E-state index >= 15 is 0 Å². The van der Waals surface area contributed by atoms with Crippen LogP contribution in [0.1, 0.15) is 12.1 Å². The van der Waals surface area contributed by atoms with Gasteiger partial charge in [0.15, 0.2) is 5.67 Å². The Bertz CT molecular complexity index is 312. The summed E-state index contributed by atoms with van der Waals surface area (Å²) in [4.78, 5) is 4.09. The first kappa shape index (κ1) is 9.09. The van der Waals surface area contributed by atoms with Crippen LogP contribution in [0.5, 0.6) is 0 Å². The molecular formula is C9H9BrFNO. The molecule has 1 unspecified atom stereocenters. The van der Waals surface area contributed by atoms with Crippen molar-refractivity contribution in [1.82, 2.24) is 4.98 Å². The number of halogens is 2. The Morgan fingerprint density at radius 1 is 1.54 bits per heavy atom. The molecule has 2 rings (SSSR count). The molecule has 1 aromatic rings. The molecule has 1 saturated heterocycles. The number of rotatable bonds is 1. The Morgan fingerprint density at radius 2 is 2.38 bits per heavy atom. The Morgan fingerprint density at radius 3 is 3.00 bits per heavy atom. The van der Waals surface area contributed by atoms with Gasteiger partial charge in [-0.05, 0) is 28.1 Å². The molecule has 13 heavy (non-hydrogen) atoms. The number of ether oxygens (including phenoxy) is 1. The topological polar surface area (TPSA) is 22.1 Å². The maximum atomic E-state index is 14.0. The van der Waals surface area contributed by atoms with Crippen molar-refractivity contribution in [3.63, 3.8) is 0 Å². The number of hydrogen-bond acceptors (Lipinski definition) is 2. The molecule has 0 N–H and O–H groups in total. The van der Waals surface area contributed by atoms with Crippen LogP contribution < -0.4 is 0 Å². The Balaban J connectivity index is 2.33. The second-order valence-electron chi connectivity index (χ2n) is 3.11. The lowest BCUT2D eigenvalue weighted by molar-refractivity contribution is 0.108. The molecule has 0 aliphatic carbocycles. The summed E-state index contributed by atoms with van der Waals surface area (Å²) in [5.74, 6) is 0. The third kappa shape index (κ3) is 1.74. The summed E-state index contributed by atoms with van der Waals surface area (Å²) in [6, 6.07) is 5.26. The molecule has 1 aromatic heterocycles. The zero-order valence-electron chi connectivity index (χ0n) is 6.96. The van der Waals surface area contributed by atoms with Gasteiger partial charge in [0.2, 0.25) is 0 Å². The van der Waals surface area contributed by atoms with E-state index in [9.17, 15) is 4.39 Å². The standard InChI is InChI=1S/C9H9BrFNO/c10-8-3-1-2-7(12-8)9(11)4-5-13-6-9/h1-3H,4-6H2. The predicted octanol–water partition coefficient (Wildman–Crippen LogP) is 2.43. The van der Waals surface area contributed by atoms with Crippen LogP contribution in [-0.2, 0) is 10.4 Å². The minimum absolute atomic E-state index is 0.121. The van der Waals surface area contributed by atoms with E-state index in [0.717, 1.165) is 0 Å². The second kappa shape index (κ2) is 3.35. The number of alkyl halides is 1. The van der Waals surface area contributed by atoms with Crippen molar-refractivity contribution in [2.75, 3.05) is 13.2 Å². The van der Waals surface area contributed by atoms with Crippen LogP contribution in [0.25, 0.3) is 0 Å². The van der Waals surface area contributed by atoms with Crippen LogP contribution >= 0.6 is 15.9 Å². The van der Waals surface area contributed by atoms with Gasteiger partial charge in [0.05, 0.1) is 18.9 Å². The molecule has 0 radical (unpaired) electrons. The smallest absolute Gasteiger partial charge is 0.178 e. The fraction of sp³-hybridized carbons (Fsp3) is 0.444. The van der Waals surface area contributed by atoms with Gasteiger partial charge in [-0.25, -0.2) is 9.37 Å². The SMILES string of the molecule is FC1(c2cccc(Br)n2)CCOC1. The molecule has 2 heterocycles. The van der Waals surface area contributed by atoms with Crippen LogP contribution in [-0.4, -0.2) is 18.2 Å².